The fourth-order valence-corrected chi connectivity index (χ4v) is 4.51. The highest BCUT2D eigenvalue weighted by Crippen LogP contribution is 2.57. The van der Waals surface area contributed by atoms with E-state index in [4.69, 9.17) is 16.3 Å². The Morgan fingerprint density at radius 2 is 2.10 bits per heavy atom. The second kappa shape index (κ2) is 5.39. The van der Waals surface area contributed by atoms with Crippen LogP contribution in [-0.4, -0.2) is 16.4 Å². The molecule has 21 heavy (non-hydrogen) atoms. The average Bonchev–Trinajstić information content (AvgIpc) is 2.92. The minimum atomic E-state index is -0.666. The Kier molecular flexibility index (Phi) is 3.86. The molecular formula is C14H14BrClFNO3. The Bertz CT molecular complexity index is 592. The number of nitro benzene ring substituents is 1. The Morgan fingerprint density at radius 3 is 2.67 bits per heavy atom. The van der Waals surface area contributed by atoms with E-state index in [0.717, 1.165) is 31.7 Å². The molecule has 0 N–H and O–H groups in total. The number of halogens is 3. The topological polar surface area (TPSA) is 52.4 Å². The van der Waals surface area contributed by atoms with E-state index in [1.807, 2.05) is 0 Å². The van der Waals surface area contributed by atoms with Crippen LogP contribution in [0, 0.1) is 21.3 Å². The first-order valence-electron chi connectivity index (χ1n) is 6.88. The van der Waals surface area contributed by atoms with Gasteiger partial charge in [-0.25, -0.2) is 4.39 Å². The van der Waals surface area contributed by atoms with E-state index in [0.29, 0.717) is 6.42 Å². The molecule has 2 saturated carbocycles. The van der Waals surface area contributed by atoms with Gasteiger partial charge >= 0.3 is 5.69 Å². The quantitative estimate of drug-likeness (QED) is 0.430. The summed E-state index contributed by atoms with van der Waals surface area (Å²) in [6, 6.07) is 2.07. The highest BCUT2D eigenvalue weighted by molar-refractivity contribution is 9.10. The smallest absolute Gasteiger partial charge is 0.315 e. The van der Waals surface area contributed by atoms with E-state index < -0.39 is 10.7 Å². The second-order valence-electron chi connectivity index (χ2n) is 5.74. The van der Waals surface area contributed by atoms with Crippen LogP contribution in [0.3, 0.4) is 0 Å². The van der Waals surface area contributed by atoms with Crippen molar-refractivity contribution in [3.05, 3.63) is 32.5 Å². The highest BCUT2D eigenvalue weighted by atomic mass is 79.9. The summed E-state index contributed by atoms with van der Waals surface area (Å²) in [6.07, 6.45) is 4.72. The summed E-state index contributed by atoms with van der Waals surface area (Å²) in [6.45, 7) is 0. The van der Waals surface area contributed by atoms with Crippen LogP contribution < -0.4 is 4.74 Å². The second-order valence-corrected chi connectivity index (χ2v) is 7.12. The van der Waals surface area contributed by atoms with Crippen LogP contribution >= 0.6 is 27.5 Å². The first kappa shape index (κ1) is 15.0. The number of hydrogen-bond donors (Lipinski definition) is 0. The van der Waals surface area contributed by atoms with Gasteiger partial charge in [0, 0.05) is 17.2 Å². The van der Waals surface area contributed by atoms with Crippen molar-refractivity contribution in [2.45, 2.75) is 43.6 Å². The van der Waals surface area contributed by atoms with Crippen LogP contribution in [0.4, 0.5) is 10.1 Å². The summed E-state index contributed by atoms with van der Waals surface area (Å²) in [7, 11) is 0. The molecule has 1 spiro atoms. The number of hydrogen-bond acceptors (Lipinski definition) is 3. The van der Waals surface area contributed by atoms with Gasteiger partial charge in [-0.05, 0) is 34.8 Å². The third-order valence-corrected chi connectivity index (χ3v) is 5.87. The molecule has 0 amide bonds. The van der Waals surface area contributed by atoms with Gasteiger partial charge in [0.2, 0.25) is 5.75 Å². The van der Waals surface area contributed by atoms with Gasteiger partial charge in [0.1, 0.15) is 11.9 Å². The monoisotopic (exact) mass is 377 g/mol. The van der Waals surface area contributed by atoms with E-state index >= 15 is 0 Å². The lowest BCUT2D eigenvalue weighted by Gasteiger charge is -2.50. The van der Waals surface area contributed by atoms with Crippen LogP contribution in [0.2, 0.25) is 0 Å². The molecule has 0 aliphatic heterocycles. The molecule has 2 aliphatic carbocycles. The zero-order valence-electron chi connectivity index (χ0n) is 11.2. The van der Waals surface area contributed by atoms with Crippen LogP contribution in [0.25, 0.3) is 0 Å². The number of nitro groups is 1. The first-order valence-corrected chi connectivity index (χ1v) is 8.11. The van der Waals surface area contributed by atoms with Crippen LogP contribution in [-0.2, 0) is 0 Å². The predicted molar refractivity (Wildman–Crippen MR) is 80.3 cm³/mol. The normalized spacial score (nSPS) is 26.6. The minimum Gasteiger partial charge on any atom is -0.482 e. The van der Waals surface area contributed by atoms with Crippen LogP contribution in [0.5, 0.6) is 5.75 Å². The molecule has 0 radical (unpaired) electrons. The summed E-state index contributed by atoms with van der Waals surface area (Å²) in [5.74, 6) is -0.568. The van der Waals surface area contributed by atoms with E-state index in [2.05, 4.69) is 15.9 Å². The van der Waals surface area contributed by atoms with E-state index in [1.165, 1.54) is 6.07 Å². The largest absolute Gasteiger partial charge is 0.482 e. The lowest BCUT2D eigenvalue weighted by molar-refractivity contribution is -0.386. The number of alkyl halides is 1. The predicted octanol–water partition coefficient (Wildman–Crippen LogP) is 4.82. The molecule has 1 aromatic rings. The number of benzene rings is 1. The molecule has 0 saturated heterocycles. The van der Waals surface area contributed by atoms with Crippen molar-refractivity contribution in [2.75, 3.05) is 0 Å². The van der Waals surface area contributed by atoms with E-state index in [1.54, 1.807) is 0 Å². The summed E-state index contributed by atoms with van der Waals surface area (Å²) in [4.78, 5) is 10.5. The van der Waals surface area contributed by atoms with Crippen molar-refractivity contribution < 1.29 is 14.1 Å². The van der Waals surface area contributed by atoms with Gasteiger partial charge in [0.15, 0.2) is 0 Å². The van der Waals surface area contributed by atoms with Crippen molar-refractivity contribution in [2.24, 2.45) is 5.41 Å². The fraction of sp³-hybridized carbons (Fsp3) is 0.571. The third kappa shape index (κ3) is 2.42. The maximum absolute atomic E-state index is 13.3. The maximum atomic E-state index is 13.3. The summed E-state index contributed by atoms with van der Waals surface area (Å²) in [5.41, 5.74) is -0.434. The van der Waals surface area contributed by atoms with Gasteiger partial charge in [0.25, 0.3) is 0 Å². The summed E-state index contributed by atoms with van der Waals surface area (Å²) in [5, 5.41) is 11.2. The van der Waals surface area contributed by atoms with E-state index in [-0.39, 0.29) is 32.8 Å². The van der Waals surface area contributed by atoms with Gasteiger partial charge in [-0.2, -0.15) is 0 Å². The van der Waals surface area contributed by atoms with Gasteiger partial charge in [-0.1, -0.05) is 12.8 Å². The number of rotatable bonds is 3. The lowest BCUT2D eigenvalue weighted by Crippen LogP contribution is -2.55. The molecular weight excluding hydrogens is 365 g/mol. The zero-order chi connectivity index (χ0) is 15.2. The van der Waals surface area contributed by atoms with Crippen molar-refractivity contribution in [1.29, 1.82) is 0 Å². The zero-order valence-corrected chi connectivity index (χ0v) is 13.5. The van der Waals surface area contributed by atoms with Crippen LogP contribution in [0.15, 0.2) is 16.6 Å². The molecule has 114 valence electrons. The SMILES string of the molecule is O=[N+]([O-])c1cc(F)cc(Br)c1OC1CC(Cl)C12CCCC2. The Balaban J connectivity index is 1.90. The molecule has 1 aromatic carbocycles. The minimum absolute atomic E-state index is 0.0586. The Labute approximate surface area is 134 Å². The molecule has 3 rings (SSSR count). The van der Waals surface area contributed by atoms with E-state index in [9.17, 15) is 14.5 Å². The lowest BCUT2D eigenvalue weighted by atomic mass is 9.64. The molecule has 4 nitrogen and oxygen atoms in total. The van der Waals surface area contributed by atoms with Gasteiger partial charge in [-0.15, -0.1) is 11.6 Å². The molecule has 2 fully saturated rings. The highest BCUT2D eigenvalue weighted by Gasteiger charge is 2.57. The standard InChI is InChI=1S/C14H14BrClFNO3/c15-9-5-8(17)6-10(18(19)20)13(9)21-12-7-11(16)14(12)3-1-2-4-14/h5-6,11-12H,1-4,7H2. The molecule has 0 aromatic heterocycles. The van der Waals surface area contributed by atoms with Crippen molar-refractivity contribution in [3.8, 4) is 5.75 Å². The number of nitrogens with zero attached hydrogens (tertiary/aromatic N) is 1. The summed E-state index contributed by atoms with van der Waals surface area (Å²) >= 11 is 9.51. The summed E-state index contributed by atoms with van der Waals surface area (Å²) < 4.78 is 19.5. The van der Waals surface area contributed by atoms with Crippen LogP contribution in [0.1, 0.15) is 32.1 Å². The van der Waals surface area contributed by atoms with Gasteiger partial charge in [-0.3, -0.25) is 10.1 Å². The first-order chi connectivity index (χ1) is 9.94. The van der Waals surface area contributed by atoms with Gasteiger partial charge < -0.3 is 4.74 Å². The molecule has 0 heterocycles. The average molecular weight is 379 g/mol. The van der Waals surface area contributed by atoms with Crippen molar-refractivity contribution >= 4 is 33.2 Å². The fourth-order valence-electron chi connectivity index (χ4n) is 3.47. The van der Waals surface area contributed by atoms with Gasteiger partial charge in [0.05, 0.1) is 15.5 Å². The molecule has 2 aliphatic rings. The molecule has 2 unspecified atom stereocenters. The molecule has 7 heteroatoms. The molecule has 2 atom stereocenters. The molecule has 0 bridgehead atoms. The maximum Gasteiger partial charge on any atom is 0.315 e. The van der Waals surface area contributed by atoms with Crippen molar-refractivity contribution in [1.82, 2.24) is 0 Å². The Hall–Kier alpha value is -0.880. The third-order valence-electron chi connectivity index (χ3n) is 4.67. The Morgan fingerprint density at radius 1 is 1.43 bits per heavy atom. The number of ether oxygens (including phenoxy) is 1. The van der Waals surface area contributed by atoms with Crippen molar-refractivity contribution in [3.63, 3.8) is 0 Å².